The Morgan fingerprint density at radius 1 is 1.09 bits per heavy atom. The van der Waals surface area contributed by atoms with Crippen LogP contribution in [-0.4, -0.2) is 61.1 Å². The summed E-state index contributed by atoms with van der Waals surface area (Å²) in [5.41, 5.74) is 1.02. The van der Waals surface area contributed by atoms with Crippen molar-refractivity contribution in [2.24, 2.45) is 0 Å². The lowest BCUT2D eigenvalue weighted by molar-refractivity contribution is -0.133. The highest BCUT2D eigenvalue weighted by molar-refractivity contribution is 5.84. The van der Waals surface area contributed by atoms with Gasteiger partial charge in [0.25, 0.3) is 0 Å². The van der Waals surface area contributed by atoms with Crippen molar-refractivity contribution in [2.75, 3.05) is 27.3 Å². The van der Waals surface area contributed by atoms with Gasteiger partial charge in [-0.2, -0.15) is 0 Å². The third kappa shape index (κ3) is 7.67. The number of carbonyl (C=O) groups excluding carboxylic acids is 2. The number of benzene rings is 1. The molecule has 0 radical (unpaired) electrons. The summed E-state index contributed by atoms with van der Waals surface area (Å²) in [5.74, 6) is 1.90. The normalized spacial score (nSPS) is 14.0. The Hall–Kier alpha value is -3.16. The zero-order valence-corrected chi connectivity index (χ0v) is 21.4. The lowest BCUT2D eigenvalue weighted by atomic mass is 9.96. The zero-order chi connectivity index (χ0) is 25.2. The molecular formula is C27H39N3O5. The molecule has 0 spiro atoms. The van der Waals surface area contributed by atoms with Gasteiger partial charge in [-0.3, -0.25) is 4.79 Å². The topological polar surface area (TPSA) is 84.2 Å². The summed E-state index contributed by atoms with van der Waals surface area (Å²) in [7, 11) is 3.21. The minimum Gasteiger partial charge on any atom is -0.493 e. The van der Waals surface area contributed by atoms with Crippen LogP contribution in [0.5, 0.6) is 11.5 Å². The van der Waals surface area contributed by atoms with E-state index in [2.05, 4.69) is 5.32 Å². The minimum absolute atomic E-state index is 0.0167. The van der Waals surface area contributed by atoms with Crippen molar-refractivity contribution in [1.82, 2.24) is 15.1 Å². The summed E-state index contributed by atoms with van der Waals surface area (Å²) in [4.78, 5) is 29.9. The maximum atomic E-state index is 13.4. The van der Waals surface area contributed by atoms with Crippen LogP contribution in [0.25, 0.3) is 0 Å². The molecule has 3 rings (SSSR count). The molecule has 8 heteroatoms. The van der Waals surface area contributed by atoms with Gasteiger partial charge in [0.2, 0.25) is 5.91 Å². The van der Waals surface area contributed by atoms with Gasteiger partial charge >= 0.3 is 6.03 Å². The van der Waals surface area contributed by atoms with E-state index in [-0.39, 0.29) is 30.6 Å². The minimum atomic E-state index is -0.168. The van der Waals surface area contributed by atoms with Crippen LogP contribution in [0, 0.1) is 0 Å². The van der Waals surface area contributed by atoms with Crippen LogP contribution in [-0.2, 0) is 17.8 Å². The largest absolute Gasteiger partial charge is 0.493 e. The number of nitrogens with one attached hydrogen (secondary N) is 1. The Bertz CT molecular complexity index is 938. The number of urea groups is 1. The number of methoxy groups -OCH3 is 2. The van der Waals surface area contributed by atoms with Crippen LogP contribution in [0.2, 0.25) is 0 Å². The van der Waals surface area contributed by atoms with E-state index >= 15 is 0 Å². The summed E-state index contributed by atoms with van der Waals surface area (Å²) >= 11 is 0. The molecule has 0 unspecified atom stereocenters. The van der Waals surface area contributed by atoms with Crippen molar-refractivity contribution in [3.63, 3.8) is 0 Å². The van der Waals surface area contributed by atoms with E-state index in [4.69, 9.17) is 13.9 Å². The average Bonchev–Trinajstić information content (AvgIpc) is 3.38. The van der Waals surface area contributed by atoms with Crippen molar-refractivity contribution >= 4 is 11.9 Å². The van der Waals surface area contributed by atoms with E-state index < -0.39 is 0 Å². The summed E-state index contributed by atoms with van der Waals surface area (Å²) < 4.78 is 16.2. The molecule has 1 heterocycles. The lowest BCUT2D eigenvalue weighted by Gasteiger charge is -2.32. The molecule has 0 bridgehead atoms. The van der Waals surface area contributed by atoms with Crippen LogP contribution in [0.3, 0.4) is 0 Å². The fourth-order valence-corrected chi connectivity index (χ4v) is 4.42. The van der Waals surface area contributed by atoms with Crippen LogP contribution < -0.4 is 14.8 Å². The molecule has 1 aromatic carbocycles. The molecule has 3 amide bonds. The van der Waals surface area contributed by atoms with Crippen LogP contribution in [0.1, 0.15) is 57.3 Å². The number of rotatable bonds is 11. The lowest BCUT2D eigenvalue weighted by Crippen LogP contribution is -2.52. The Morgan fingerprint density at radius 3 is 2.46 bits per heavy atom. The number of furan rings is 1. The van der Waals surface area contributed by atoms with Gasteiger partial charge < -0.3 is 29.0 Å². The highest BCUT2D eigenvalue weighted by Crippen LogP contribution is 2.28. The Morgan fingerprint density at radius 2 is 1.83 bits per heavy atom. The quantitative estimate of drug-likeness (QED) is 0.502. The monoisotopic (exact) mass is 485 g/mol. The van der Waals surface area contributed by atoms with Gasteiger partial charge in [0.15, 0.2) is 11.5 Å². The predicted octanol–water partition coefficient (Wildman–Crippen LogP) is 4.62. The molecular weight excluding hydrogens is 446 g/mol. The molecule has 35 heavy (non-hydrogen) atoms. The molecule has 192 valence electrons. The molecule has 0 saturated heterocycles. The van der Waals surface area contributed by atoms with E-state index in [0.717, 1.165) is 31.2 Å². The number of nitrogens with zero attached hydrogens (tertiary/aromatic N) is 2. The second kappa shape index (κ2) is 13.1. The third-order valence-corrected chi connectivity index (χ3v) is 6.52. The third-order valence-electron chi connectivity index (χ3n) is 6.52. The fraction of sp³-hybridized carbons (Fsp3) is 0.556. The Balaban J connectivity index is 1.68. The molecule has 2 aromatic rings. The average molecular weight is 486 g/mol. The highest BCUT2D eigenvalue weighted by Gasteiger charge is 2.26. The molecule has 1 fully saturated rings. The van der Waals surface area contributed by atoms with Gasteiger partial charge in [-0.25, -0.2) is 4.79 Å². The second-order valence-electron chi connectivity index (χ2n) is 9.34. The number of hydrogen-bond acceptors (Lipinski definition) is 5. The van der Waals surface area contributed by atoms with E-state index in [1.165, 1.54) is 6.42 Å². The summed E-state index contributed by atoms with van der Waals surface area (Å²) in [6.07, 6.45) is 7.73. The zero-order valence-electron chi connectivity index (χ0n) is 21.4. The number of ether oxygens (including phenoxy) is 2. The molecule has 1 N–H and O–H groups in total. The smallest absolute Gasteiger partial charge is 0.318 e. The summed E-state index contributed by atoms with van der Waals surface area (Å²) in [5, 5.41) is 3.14. The maximum Gasteiger partial charge on any atom is 0.318 e. The van der Waals surface area contributed by atoms with Crippen molar-refractivity contribution in [2.45, 2.75) is 71.0 Å². The molecule has 1 aliphatic carbocycles. The molecule has 8 nitrogen and oxygen atoms in total. The van der Waals surface area contributed by atoms with Gasteiger partial charge in [0, 0.05) is 18.6 Å². The van der Waals surface area contributed by atoms with Gasteiger partial charge in [0.1, 0.15) is 12.3 Å². The van der Waals surface area contributed by atoms with E-state index in [1.807, 2.05) is 44.2 Å². The van der Waals surface area contributed by atoms with Crippen LogP contribution >= 0.6 is 0 Å². The second-order valence-corrected chi connectivity index (χ2v) is 9.34. The van der Waals surface area contributed by atoms with Crippen molar-refractivity contribution < 1.29 is 23.5 Å². The van der Waals surface area contributed by atoms with Crippen LogP contribution in [0.15, 0.2) is 41.0 Å². The van der Waals surface area contributed by atoms with Crippen molar-refractivity contribution in [3.05, 3.63) is 47.9 Å². The standard InChI is InChI=1S/C27H39N3O5/c1-20(2)30(27(32)28-22-9-6-5-7-10-22)19-26(31)29(18-23-11-8-16-35-23)15-14-21-12-13-24(33-3)25(17-21)34-4/h8,11-13,16-17,20,22H,5-7,9-10,14-15,18-19H2,1-4H3,(H,28,32). The Kier molecular flexibility index (Phi) is 9.87. The van der Waals surface area contributed by atoms with Gasteiger partial charge in [-0.15, -0.1) is 0 Å². The fourth-order valence-electron chi connectivity index (χ4n) is 4.42. The first-order chi connectivity index (χ1) is 16.9. The molecule has 0 aliphatic heterocycles. The molecule has 1 aliphatic rings. The SMILES string of the molecule is COc1ccc(CCN(Cc2ccco2)C(=O)CN(C(=O)NC2CCCCC2)C(C)C)cc1OC. The van der Waals surface area contributed by atoms with Crippen LogP contribution in [0.4, 0.5) is 4.79 Å². The van der Waals surface area contributed by atoms with Gasteiger partial charge in [-0.05, 0) is 62.9 Å². The first kappa shape index (κ1) is 26.4. The first-order valence-corrected chi connectivity index (χ1v) is 12.5. The summed E-state index contributed by atoms with van der Waals surface area (Å²) in [6, 6.07) is 9.34. The van der Waals surface area contributed by atoms with E-state index in [9.17, 15) is 9.59 Å². The first-order valence-electron chi connectivity index (χ1n) is 12.5. The summed E-state index contributed by atoms with van der Waals surface area (Å²) in [6.45, 7) is 4.71. The number of hydrogen-bond donors (Lipinski definition) is 1. The maximum absolute atomic E-state index is 13.4. The predicted molar refractivity (Wildman–Crippen MR) is 135 cm³/mol. The Labute approximate surface area is 208 Å². The highest BCUT2D eigenvalue weighted by atomic mass is 16.5. The van der Waals surface area contributed by atoms with Crippen molar-refractivity contribution in [1.29, 1.82) is 0 Å². The van der Waals surface area contributed by atoms with Crippen molar-refractivity contribution in [3.8, 4) is 11.5 Å². The van der Waals surface area contributed by atoms with E-state index in [1.54, 1.807) is 30.3 Å². The van der Waals surface area contributed by atoms with E-state index in [0.29, 0.717) is 36.8 Å². The molecule has 1 aromatic heterocycles. The number of carbonyl (C=O) groups is 2. The van der Waals surface area contributed by atoms with Gasteiger partial charge in [0.05, 0.1) is 27.0 Å². The van der Waals surface area contributed by atoms with Gasteiger partial charge in [-0.1, -0.05) is 25.3 Å². The molecule has 1 saturated carbocycles. The number of amides is 3. The molecule has 0 atom stereocenters.